The molecule has 0 aromatic carbocycles. The van der Waals surface area contributed by atoms with Gasteiger partial charge in [0.05, 0.1) is 6.71 Å². The van der Waals surface area contributed by atoms with E-state index in [2.05, 4.69) is 18.9 Å². The van der Waals surface area contributed by atoms with E-state index >= 15 is 0 Å². The molecule has 0 unspecified atom stereocenters. The Morgan fingerprint density at radius 3 is 2.62 bits per heavy atom. The van der Waals surface area contributed by atoms with Gasteiger partial charge in [-0.25, -0.2) is 12.2 Å². The molecule has 0 saturated heterocycles. The van der Waals surface area contributed by atoms with Crippen LogP contribution in [0.3, 0.4) is 0 Å². The quantitative estimate of drug-likeness (QED) is 0.257. The van der Waals surface area contributed by atoms with Crippen LogP contribution in [0, 0.1) is 5.98 Å². The first-order valence-corrected chi connectivity index (χ1v) is 2.64. The predicted molar refractivity (Wildman–Crippen MR) is 33.4 cm³/mol. The molecule has 1 heterocycles. The molecule has 1 aliphatic rings. The van der Waals surface area contributed by atoms with E-state index in [9.17, 15) is 0 Å². The van der Waals surface area contributed by atoms with Gasteiger partial charge in [-0.05, 0) is 0 Å². The van der Waals surface area contributed by atoms with Gasteiger partial charge in [-0.2, -0.15) is 6.08 Å². The molecule has 2 heteroatoms. The molecule has 0 aliphatic carbocycles. The van der Waals surface area contributed by atoms with Crippen molar-refractivity contribution in [3.63, 3.8) is 0 Å². The average Bonchev–Trinajstić information content (AvgIpc) is 1.69. The maximum Gasteiger partial charge on any atom is 1.00 e. The molecule has 1 aliphatic heterocycles. The Morgan fingerprint density at radius 1 is 1.62 bits per heavy atom. The van der Waals surface area contributed by atoms with Gasteiger partial charge in [0.2, 0.25) is 0 Å². The minimum absolute atomic E-state index is 0. The molecule has 0 aromatic heterocycles. The smallest absolute Gasteiger partial charge is 0.303 e. The van der Waals surface area contributed by atoms with Gasteiger partial charge in [-0.1, -0.05) is 13.1 Å². The van der Waals surface area contributed by atoms with Crippen LogP contribution < -0.4 is 18.9 Å². The zero-order valence-corrected chi connectivity index (χ0v) is 5.52. The molecule has 0 nitrogen and oxygen atoms in total. The largest absolute Gasteiger partial charge is 1.00 e. The fourth-order valence-electron chi connectivity index (χ4n) is 0.639. The molecule has 0 bridgehead atoms. The van der Waals surface area contributed by atoms with Crippen LogP contribution in [0.2, 0.25) is 13.1 Å². The van der Waals surface area contributed by atoms with Gasteiger partial charge >= 0.3 is 18.9 Å². The third kappa shape index (κ3) is 2.45. The minimum atomic E-state index is 0. The zero-order chi connectivity index (χ0) is 5.11. The second-order valence-corrected chi connectivity index (χ2v) is 1.90. The van der Waals surface area contributed by atoms with E-state index in [-0.39, 0.29) is 18.9 Å². The Kier molecular flexibility index (Phi) is 4.14. The van der Waals surface area contributed by atoms with Gasteiger partial charge in [-0.3, -0.25) is 0 Å². The summed E-state index contributed by atoms with van der Waals surface area (Å²) in [5.74, 6) is 3.17. The van der Waals surface area contributed by atoms with E-state index in [1.807, 2.05) is 12.2 Å². The summed E-state index contributed by atoms with van der Waals surface area (Å²) in [5, 5.41) is 0. The summed E-state index contributed by atoms with van der Waals surface area (Å²) in [5.41, 5.74) is 0. The predicted octanol–water partition coefficient (Wildman–Crippen LogP) is -1.42. The van der Waals surface area contributed by atoms with Crippen molar-refractivity contribution in [2.75, 3.05) is 0 Å². The van der Waals surface area contributed by atoms with E-state index < -0.39 is 0 Å². The van der Waals surface area contributed by atoms with Crippen molar-refractivity contribution in [1.29, 1.82) is 0 Å². The van der Waals surface area contributed by atoms with Crippen LogP contribution in [-0.2, 0) is 0 Å². The molecule has 0 amide bonds. The Morgan fingerprint density at radius 2 is 2.38 bits per heavy atom. The summed E-state index contributed by atoms with van der Waals surface area (Å²) in [6.45, 7) is 2.81. The van der Waals surface area contributed by atoms with Gasteiger partial charge in [-0.15, -0.1) is 0 Å². The van der Waals surface area contributed by atoms with E-state index in [1.54, 1.807) is 0 Å². The van der Waals surface area contributed by atoms with Crippen LogP contribution in [0.1, 0.15) is 0 Å². The van der Waals surface area contributed by atoms with Crippen molar-refractivity contribution in [3.05, 3.63) is 24.2 Å². The first-order valence-electron chi connectivity index (χ1n) is 2.64. The van der Waals surface area contributed by atoms with Gasteiger partial charge in [0.25, 0.3) is 0 Å². The second kappa shape index (κ2) is 4.06. The number of hydrogen-bond acceptors (Lipinski definition) is 0. The monoisotopic (exact) mass is 98.1 g/mol. The van der Waals surface area contributed by atoms with Crippen LogP contribution in [0.4, 0.5) is 0 Å². The van der Waals surface area contributed by atoms with Gasteiger partial charge in [0.1, 0.15) is 0 Å². The summed E-state index contributed by atoms with van der Waals surface area (Å²) in [6.07, 6.45) is 7.35. The standard InChI is InChI=1S/C6H8B.Li/c1-7-5-3-2-4-6-7;/h2-4H,5H2,1H3;/q-1;+1. The molecule has 1 rings (SSSR count). The van der Waals surface area contributed by atoms with E-state index in [1.165, 1.54) is 0 Å². The van der Waals surface area contributed by atoms with Crippen molar-refractivity contribution in [1.82, 2.24) is 0 Å². The number of rotatable bonds is 0. The second-order valence-electron chi connectivity index (χ2n) is 1.90. The van der Waals surface area contributed by atoms with Gasteiger partial charge in [0.15, 0.2) is 0 Å². The topological polar surface area (TPSA) is 0 Å². The van der Waals surface area contributed by atoms with Crippen molar-refractivity contribution in [2.45, 2.75) is 13.1 Å². The summed E-state index contributed by atoms with van der Waals surface area (Å²) in [6, 6.07) is 0. The molecule has 0 fully saturated rings. The Hall–Kier alpha value is 0.142. The summed E-state index contributed by atoms with van der Waals surface area (Å²) in [7, 11) is 0. The van der Waals surface area contributed by atoms with Crippen LogP contribution in [0.25, 0.3) is 0 Å². The van der Waals surface area contributed by atoms with Crippen LogP contribution in [-0.4, -0.2) is 6.71 Å². The maximum atomic E-state index is 3.17. The molecule has 0 atom stereocenters. The molecule has 0 aromatic rings. The van der Waals surface area contributed by atoms with Crippen LogP contribution >= 0.6 is 0 Å². The molecular weight excluding hydrogens is 89.8 g/mol. The van der Waals surface area contributed by atoms with E-state index in [0.29, 0.717) is 6.71 Å². The first kappa shape index (κ1) is 8.14. The van der Waals surface area contributed by atoms with E-state index in [4.69, 9.17) is 0 Å². The Bertz CT molecular complexity index is 107. The summed E-state index contributed by atoms with van der Waals surface area (Å²) in [4.78, 5) is 0. The third-order valence-electron chi connectivity index (χ3n) is 1.10. The molecule has 0 radical (unpaired) electrons. The molecule has 0 saturated carbocycles. The zero-order valence-electron chi connectivity index (χ0n) is 5.52. The van der Waals surface area contributed by atoms with E-state index in [0.717, 1.165) is 6.32 Å². The molecule has 0 N–H and O–H groups in total. The summed E-state index contributed by atoms with van der Waals surface area (Å²) < 4.78 is 0. The molecule has 8 heavy (non-hydrogen) atoms. The fraction of sp³-hybridized carbons (Fsp3) is 0.333. The van der Waals surface area contributed by atoms with Gasteiger partial charge < -0.3 is 5.98 Å². The molecule has 36 valence electrons. The average molecular weight is 97.9 g/mol. The number of allylic oxidation sites excluding steroid dienone is 3. The van der Waals surface area contributed by atoms with Crippen molar-refractivity contribution in [3.8, 4) is 0 Å². The van der Waals surface area contributed by atoms with Crippen LogP contribution in [0.5, 0.6) is 0 Å². The van der Waals surface area contributed by atoms with Crippen molar-refractivity contribution >= 4 is 6.71 Å². The minimum Gasteiger partial charge on any atom is -0.303 e. The maximum absolute atomic E-state index is 3.17. The fourth-order valence-corrected chi connectivity index (χ4v) is 0.639. The van der Waals surface area contributed by atoms with Crippen molar-refractivity contribution < 1.29 is 18.9 Å². The summed E-state index contributed by atoms with van der Waals surface area (Å²) >= 11 is 0. The van der Waals surface area contributed by atoms with Crippen LogP contribution in [0.15, 0.2) is 18.2 Å². The van der Waals surface area contributed by atoms with Crippen molar-refractivity contribution in [2.24, 2.45) is 0 Å². The number of hydrogen-bond donors (Lipinski definition) is 0. The first-order chi connectivity index (χ1) is 3.39. The van der Waals surface area contributed by atoms with Gasteiger partial charge in [0, 0.05) is 0 Å². The third-order valence-corrected chi connectivity index (χ3v) is 1.10. The Labute approximate surface area is 63.3 Å². The SMILES string of the molecule is CB1[C-]=CC=CC1.[Li+]. The normalized spacial score (nSPS) is 15.9. The molecular formula is C6H8BLi. The Balaban J connectivity index is 0.000000490. The molecule has 0 spiro atoms.